The minimum atomic E-state index is -0.389. The third kappa shape index (κ3) is 2.62. The van der Waals surface area contributed by atoms with Crippen LogP contribution < -0.4 is 0 Å². The molecule has 0 saturated heterocycles. The molecule has 0 aliphatic heterocycles. The Morgan fingerprint density at radius 1 is 1.22 bits per heavy atom. The van der Waals surface area contributed by atoms with E-state index in [1.807, 2.05) is 6.92 Å². The molecule has 2 aromatic rings. The molecule has 92 valence electrons. The minimum absolute atomic E-state index is 0.148. The molecule has 0 aliphatic rings. The van der Waals surface area contributed by atoms with E-state index in [2.05, 4.69) is 15.9 Å². The Labute approximate surface area is 118 Å². The molecule has 0 bridgehead atoms. The van der Waals surface area contributed by atoms with E-state index >= 15 is 0 Å². The van der Waals surface area contributed by atoms with Gasteiger partial charge >= 0.3 is 0 Å². The van der Waals surface area contributed by atoms with Crippen LogP contribution in [0.25, 0.3) is 0 Å². The molecule has 0 aromatic heterocycles. The van der Waals surface area contributed by atoms with Crippen LogP contribution in [0.3, 0.4) is 0 Å². The van der Waals surface area contributed by atoms with E-state index in [1.54, 1.807) is 18.2 Å². The van der Waals surface area contributed by atoms with Crippen LogP contribution in [0.2, 0.25) is 5.02 Å². The van der Waals surface area contributed by atoms with Gasteiger partial charge in [0.2, 0.25) is 0 Å². The molecule has 0 heterocycles. The van der Waals surface area contributed by atoms with Crippen molar-refractivity contribution in [2.24, 2.45) is 0 Å². The average Bonchev–Trinajstić information content (AvgIpc) is 2.32. The lowest BCUT2D eigenvalue weighted by Gasteiger charge is -2.06. The SMILES string of the molecule is Cc1cc(Cl)ccc1C(=O)c1ccc(F)c(Br)c1. The van der Waals surface area contributed by atoms with Crippen molar-refractivity contribution in [1.82, 2.24) is 0 Å². The van der Waals surface area contributed by atoms with Crippen LogP contribution in [0, 0.1) is 12.7 Å². The molecule has 0 unspecified atom stereocenters. The summed E-state index contributed by atoms with van der Waals surface area (Å²) >= 11 is 8.91. The first-order valence-electron chi connectivity index (χ1n) is 5.25. The van der Waals surface area contributed by atoms with Gasteiger partial charge in [-0.05, 0) is 64.8 Å². The molecule has 0 saturated carbocycles. The van der Waals surface area contributed by atoms with E-state index in [0.717, 1.165) is 5.56 Å². The van der Waals surface area contributed by atoms with Gasteiger partial charge in [-0.1, -0.05) is 11.6 Å². The standard InChI is InChI=1S/C14H9BrClFO/c1-8-6-10(16)3-4-11(8)14(18)9-2-5-13(17)12(15)7-9/h2-7H,1H3. The predicted octanol–water partition coefficient (Wildman–Crippen LogP) is 4.78. The van der Waals surface area contributed by atoms with E-state index in [4.69, 9.17) is 11.6 Å². The van der Waals surface area contributed by atoms with Crippen molar-refractivity contribution in [2.45, 2.75) is 6.92 Å². The van der Waals surface area contributed by atoms with Crippen molar-refractivity contribution < 1.29 is 9.18 Å². The fraction of sp³-hybridized carbons (Fsp3) is 0.0714. The van der Waals surface area contributed by atoms with E-state index in [0.29, 0.717) is 16.1 Å². The maximum atomic E-state index is 13.1. The van der Waals surface area contributed by atoms with Crippen LogP contribution in [0.1, 0.15) is 21.5 Å². The lowest BCUT2D eigenvalue weighted by molar-refractivity contribution is 0.103. The Hall–Kier alpha value is -1.19. The molecular formula is C14H9BrClFO. The Kier molecular flexibility index (Phi) is 3.83. The van der Waals surface area contributed by atoms with Gasteiger partial charge in [-0.15, -0.1) is 0 Å². The zero-order valence-corrected chi connectivity index (χ0v) is 11.8. The summed E-state index contributed by atoms with van der Waals surface area (Å²) < 4.78 is 13.4. The smallest absolute Gasteiger partial charge is 0.193 e. The van der Waals surface area contributed by atoms with Crippen molar-refractivity contribution in [1.29, 1.82) is 0 Å². The molecule has 0 aliphatic carbocycles. The van der Waals surface area contributed by atoms with Gasteiger partial charge in [0.05, 0.1) is 4.47 Å². The maximum absolute atomic E-state index is 13.1. The van der Waals surface area contributed by atoms with Gasteiger partial charge in [0.25, 0.3) is 0 Å². The van der Waals surface area contributed by atoms with E-state index in [-0.39, 0.29) is 16.1 Å². The Bertz CT molecular complexity index is 625. The largest absolute Gasteiger partial charge is 0.289 e. The number of hydrogen-bond acceptors (Lipinski definition) is 1. The second kappa shape index (κ2) is 5.21. The predicted molar refractivity (Wildman–Crippen MR) is 73.7 cm³/mol. The normalized spacial score (nSPS) is 10.4. The summed E-state index contributed by atoms with van der Waals surface area (Å²) in [5, 5.41) is 0.587. The third-order valence-corrected chi connectivity index (χ3v) is 3.46. The zero-order valence-electron chi connectivity index (χ0n) is 9.51. The van der Waals surface area contributed by atoms with Gasteiger partial charge in [-0.25, -0.2) is 4.39 Å². The maximum Gasteiger partial charge on any atom is 0.193 e. The molecule has 2 rings (SSSR count). The highest BCUT2D eigenvalue weighted by Gasteiger charge is 2.13. The Morgan fingerprint density at radius 2 is 1.94 bits per heavy atom. The quantitative estimate of drug-likeness (QED) is 0.725. The van der Waals surface area contributed by atoms with Crippen LogP contribution in [0.5, 0.6) is 0 Å². The number of rotatable bonds is 2. The van der Waals surface area contributed by atoms with Crippen molar-refractivity contribution in [3.05, 3.63) is 68.4 Å². The van der Waals surface area contributed by atoms with Crippen LogP contribution in [-0.2, 0) is 0 Å². The van der Waals surface area contributed by atoms with Crippen LogP contribution in [0.4, 0.5) is 4.39 Å². The number of carbonyl (C=O) groups excluding carboxylic acids is 1. The molecule has 0 spiro atoms. The summed E-state index contributed by atoms with van der Waals surface area (Å²) in [6.45, 7) is 1.82. The van der Waals surface area contributed by atoms with Gasteiger partial charge in [-0.3, -0.25) is 4.79 Å². The number of ketones is 1. The molecule has 1 nitrogen and oxygen atoms in total. The highest BCUT2D eigenvalue weighted by molar-refractivity contribution is 9.10. The monoisotopic (exact) mass is 326 g/mol. The van der Waals surface area contributed by atoms with Crippen LogP contribution in [-0.4, -0.2) is 5.78 Å². The zero-order chi connectivity index (χ0) is 13.3. The fourth-order valence-corrected chi connectivity index (χ4v) is 2.28. The van der Waals surface area contributed by atoms with Crippen LogP contribution >= 0.6 is 27.5 Å². The molecule has 0 amide bonds. The second-order valence-electron chi connectivity index (χ2n) is 3.92. The first-order chi connectivity index (χ1) is 8.49. The average molecular weight is 328 g/mol. The Balaban J connectivity index is 2.44. The van der Waals surface area contributed by atoms with Crippen molar-refractivity contribution in [3.63, 3.8) is 0 Å². The summed E-state index contributed by atoms with van der Waals surface area (Å²) in [5.74, 6) is -0.538. The number of carbonyl (C=O) groups is 1. The number of hydrogen-bond donors (Lipinski definition) is 0. The summed E-state index contributed by atoms with van der Waals surface area (Å²) in [4.78, 5) is 12.3. The summed E-state index contributed by atoms with van der Waals surface area (Å²) in [7, 11) is 0. The molecule has 0 radical (unpaired) electrons. The first-order valence-corrected chi connectivity index (χ1v) is 6.42. The number of aryl methyl sites for hydroxylation is 1. The van der Waals surface area contributed by atoms with E-state index in [9.17, 15) is 9.18 Å². The molecule has 4 heteroatoms. The molecule has 0 fully saturated rings. The molecule has 18 heavy (non-hydrogen) atoms. The topological polar surface area (TPSA) is 17.1 Å². The summed E-state index contributed by atoms with van der Waals surface area (Å²) in [5.41, 5.74) is 1.81. The molecule has 0 atom stereocenters. The van der Waals surface area contributed by atoms with Gasteiger partial charge in [0, 0.05) is 16.1 Å². The van der Waals surface area contributed by atoms with E-state index in [1.165, 1.54) is 18.2 Å². The summed E-state index contributed by atoms with van der Waals surface area (Å²) in [6.07, 6.45) is 0. The van der Waals surface area contributed by atoms with Gasteiger partial charge in [0.1, 0.15) is 5.82 Å². The van der Waals surface area contributed by atoms with E-state index < -0.39 is 0 Å². The van der Waals surface area contributed by atoms with Gasteiger partial charge < -0.3 is 0 Å². The fourth-order valence-electron chi connectivity index (χ4n) is 1.67. The summed E-state index contributed by atoms with van der Waals surface area (Å²) in [6, 6.07) is 9.29. The minimum Gasteiger partial charge on any atom is -0.289 e. The third-order valence-electron chi connectivity index (χ3n) is 2.61. The van der Waals surface area contributed by atoms with Gasteiger partial charge in [-0.2, -0.15) is 0 Å². The number of benzene rings is 2. The molecule has 2 aromatic carbocycles. The van der Waals surface area contributed by atoms with Crippen LogP contribution in [0.15, 0.2) is 40.9 Å². The molecular weight excluding hydrogens is 319 g/mol. The van der Waals surface area contributed by atoms with Crippen molar-refractivity contribution in [2.75, 3.05) is 0 Å². The van der Waals surface area contributed by atoms with Gasteiger partial charge in [0.15, 0.2) is 5.78 Å². The van der Waals surface area contributed by atoms with Crippen molar-refractivity contribution >= 4 is 33.3 Å². The van der Waals surface area contributed by atoms with Crippen molar-refractivity contribution in [3.8, 4) is 0 Å². The highest BCUT2D eigenvalue weighted by Crippen LogP contribution is 2.22. The highest BCUT2D eigenvalue weighted by atomic mass is 79.9. The first kappa shape index (κ1) is 13.2. The number of halogens is 3. The molecule has 0 N–H and O–H groups in total. The lowest BCUT2D eigenvalue weighted by atomic mass is 9.99. The Morgan fingerprint density at radius 3 is 2.56 bits per heavy atom. The second-order valence-corrected chi connectivity index (χ2v) is 5.21. The lowest BCUT2D eigenvalue weighted by Crippen LogP contribution is -2.04.